The van der Waals surface area contributed by atoms with Crippen LogP contribution in [0.3, 0.4) is 0 Å². The topological polar surface area (TPSA) is 61.9 Å². The first-order chi connectivity index (χ1) is 13.0. The van der Waals surface area contributed by atoms with Gasteiger partial charge >= 0.3 is 0 Å². The zero-order chi connectivity index (χ0) is 19.0. The molecular weight excluding hydrogens is 342 g/mol. The molecule has 0 radical (unpaired) electrons. The van der Waals surface area contributed by atoms with E-state index in [1.807, 2.05) is 42.0 Å². The summed E-state index contributed by atoms with van der Waals surface area (Å²) in [7, 11) is 1.90. The Morgan fingerprint density at radius 2 is 1.96 bits per heavy atom. The van der Waals surface area contributed by atoms with Crippen molar-refractivity contribution in [1.29, 1.82) is 0 Å². The van der Waals surface area contributed by atoms with E-state index >= 15 is 0 Å². The van der Waals surface area contributed by atoms with Crippen LogP contribution in [-0.2, 0) is 9.53 Å². The number of benzene rings is 1. The fourth-order valence-corrected chi connectivity index (χ4v) is 4.49. The summed E-state index contributed by atoms with van der Waals surface area (Å²) in [4.78, 5) is 28.9. The fourth-order valence-electron chi connectivity index (χ4n) is 4.49. The minimum Gasteiger partial charge on any atom is -0.378 e. The number of anilines is 2. The van der Waals surface area contributed by atoms with Crippen molar-refractivity contribution in [3.05, 3.63) is 23.8 Å². The average molecular weight is 371 g/mol. The van der Waals surface area contributed by atoms with Gasteiger partial charge in [-0.15, -0.1) is 0 Å². The molecule has 1 aromatic carbocycles. The summed E-state index contributed by atoms with van der Waals surface area (Å²) in [6.07, 6.45) is 6.01. The summed E-state index contributed by atoms with van der Waals surface area (Å²) in [5.74, 6) is 0.589. The maximum absolute atomic E-state index is 13.0. The van der Waals surface area contributed by atoms with E-state index in [9.17, 15) is 9.59 Å². The van der Waals surface area contributed by atoms with E-state index in [0.717, 1.165) is 50.3 Å². The number of fused-ring (bicyclic) bond motifs is 1. The lowest BCUT2D eigenvalue weighted by Crippen LogP contribution is -2.44. The number of nitrogens with one attached hydrogen (secondary N) is 1. The lowest BCUT2D eigenvalue weighted by molar-refractivity contribution is -0.117. The normalized spacial score (nSPS) is 26.5. The van der Waals surface area contributed by atoms with Crippen LogP contribution in [0, 0.1) is 5.92 Å². The number of nitrogens with zero attached hydrogens (tertiary/aromatic N) is 2. The number of likely N-dealkylation sites (tertiary alicyclic amines) is 1. The molecule has 3 heterocycles. The van der Waals surface area contributed by atoms with Crippen LogP contribution in [0.5, 0.6) is 0 Å². The number of amides is 2. The number of hydrogen-bond donors (Lipinski definition) is 1. The van der Waals surface area contributed by atoms with Gasteiger partial charge in [0.05, 0.1) is 17.5 Å². The summed E-state index contributed by atoms with van der Waals surface area (Å²) in [5.41, 5.74) is 2.31. The number of carbonyl (C=O) groups is 2. The molecule has 27 heavy (non-hydrogen) atoms. The molecule has 0 saturated carbocycles. The van der Waals surface area contributed by atoms with Gasteiger partial charge in [-0.1, -0.05) is 0 Å². The smallest absolute Gasteiger partial charge is 0.253 e. The van der Waals surface area contributed by atoms with Crippen LogP contribution in [0.1, 0.15) is 49.4 Å². The third-order valence-corrected chi connectivity index (χ3v) is 6.41. The van der Waals surface area contributed by atoms with Crippen LogP contribution < -0.4 is 10.2 Å². The van der Waals surface area contributed by atoms with Gasteiger partial charge in [0.15, 0.2) is 0 Å². The summed E-state index contributed by atoms with van der Waals surface area (Å²) in [6, 6.07) is 5.41. The Kier molecular flexibility index (Phi) is 5.08. The molecule has 0 bridgehead atoms. The molecule has 1 aromatic rings. The van der Waals surface area contributed by atoms with Crippen molar-refractivity contribution in [3.63, 3.8) is 0 Å². The van der Waals surface area contributed by atoms with Crippen LogP contribution in [0.4, 0.5) is 11.4 Å². The van der Waals surface area contributed by atoms with Crippen molar-refractivity contribution in [2.75, 3.05) is 37.0 Å². The van der Waals surface area contributed by atoms with Crippen LogP contribution in [0.15, 0.2) is 18.2 Å². The van der Waals surface area contributed by atoms with Gasteiger partial charge in [-0.05, 0) is 63.1 Å². The van der Waals surface area contributed by atoms with E-state index in [0.29, 0.717) is 17.6 Å². The maximum Gasteiger partial charge on any atom is 0.253 e. The van der Waals surface area contributed by atoms with Crippen molar-refractivity contribution in [2.24, 2.45) is 5.92 Å². The number of likely N-dealkylation sites (N-methyl/N-ethyl adjacent to an activating group) is 1. The Hall–Kier alpha value is -2.08. The molecule has 0 aromatic heterocycles. The molecule has 6 nitrogen and oxygen atoms in total. The van der Waals surface area contributed by atoms with Crippen molar-refractivity contribution >= 4 is 23.2 Å². The molecule has 0 aliphatic carbocycles. The molecule has 2 fully saturated rings. The third-order valence-electron chi connectivity index (χ3n) is 6.41. The molecule has 2 saturated heterocycles. The first-order valence-electron chi connectivity index (χ1n) is 10.1. The lowest BCUT2D eigenvalue weighted by atomic mass is 9.87. The van der Waals surface area contributed by atoms with Gasteiger partial charge < -0.3 is 19.9 Å². The second-order valence-corrected chi connectivity index (χ2v) is 8.04. The molecule has 4 rings (SSSR count). The number of hydrogen-bond acceptors (Lipinski definition) is 4. The number of piperidine rings is 1. The Morgan fingerprint density at radius 3 is 2.67 bits per heavy atom. The molecule has 0 spiro atoms. The van der Waals surface area contributed by atoms with Gasteiger partial charge in [-0.2, -0.15) is 0 Å². The molecule has 2 unspecified atom stereocenters. The third kappa shape index (κ3) is 3.55. The van der Waals surface area contributed by atoms with Crippen molar-refractivity contribution < 1.29 is 14.3 Å². The Balaban J connectivity index is 1.42. The van der Waals surface area contributed by atoms with Crippen LogP contribution >= 0.6 is 0 Å². The van der Waals surface area contributed by atoms with Gasteiger partial charge in [-0.3, -0.25) is 9.59 Å². The predicted molar refractivity (Wildman–Crippen MR) is 105 cm³/mol. The number of ether oxygens (including phenoxy) is 1. The quantitative estimate of drug-likeness (QED) is 0.868. The SMILES string of the molecule is CC1C(=O)Nc2cc(C(=O)N3CCC(C4CCCCO4)CC3)ccc2N1C. The zero-order valence-electron chi connectivity index (χ0n) is 16.2. The predicted octanol–water partition coefficient (Wildman–Crippen LogP) is 2.88. The second-order valence-electron chi connectivity index (χ2n) is 8.04. The van der Waals surface area contributed by atoms with E-state index in [1.165, 1.54) is 12.8 Å². The van der Waals surface area contributed by atoms with Gasteiger partial charge in [0, 0.05) is 32.3 Å². The van der Waals surface area contributed by atoms with Crippen LogP contribution in [0.2, 0.25) is 0 Å². The monoisotopic (exact) mass is 371 g/mol. The van der Waals surface area contributed by atoms with E-state index in [-0.39, 0.29) is 17.9 Å². The second kappa shape index (κ2) is 7.50. The molecule has 1 N–H and O–H groups in total. The van der Waals surface area contributed by atoms with Gasteiger partial charge in [0.2, 0.25) is 5.91 Å². The largest absolute Gasteiger partial charge is 0.378 e. The summed E-state index contributed by atoms with van der Waals surface area (Å²) in [6.45, 7) is 4.32. The first-order valence-corrected chi connectivity index (χ1v) is 10.1. The van der Waals surface area contributed by atoms with E-state index in [4.69, 9.17) is 4.74 Å². The first kappa shape index (κ1) is 18.3. The highest BCUT2D eigenvalue weighted by molar-refractivity contribution is 6.05. The van der Waals surface area contributed by atoms with Crippen LogP contribution in [-0.4, -0.2) is 55.6 Å². The Labute approximate surface area is 160 Å². The van der Waals surface area contributed by atoms with E-state index in [1.54, 1.807) is 0 Å². The fraction of sp³-hybridized carbons (Fsp3) is 0.619. The molecule has 3 aliphatic rings. The van der Waals surface area contributed by atoms with Gasteiger partial charge in [0.1, 0.15) is 6.04 Å². The average Bonchev–Trinajstić information content (AvgIpc) is 2.72. The minimum atomic E-state index is -0.208. The van der Waals surface area contributed by atoms with Crippen molar-refractivity contribution in [3.8, 4) is 0 Å². The standard InChI is InChI=1S/C21H29N3O3/c1-14-20(25)22-17-13-16(6-7-18(17)23(14)2)21(26)24-10-8-15(9-11-24)19-5-3-4-12-27-19/h6-7,13-15,19H,3-5,8-12H2,1-2H3,(H,22,25). The molecule has 146 valence electrons. The minimum absolute atomic E-state index is 0.0390. The van der Waals surface area contributed by atoms with Crippen molar-refractivity contribution in [1.82, 2.24) is 4.90 Å². The number of rotatable bonds is 2. The highest BCUT2D eigenvalue weighted by Crippen LogP contribution is 2.33. The van der Waals surface area contributed by atoms with Gasteiger partial charge in [-0.25, -0.2) is 0 Å². The lowest BCUT2D eigenvalue weighted by Gasteiger charge is -2.37. The molecule has 6 heteroatoms. The van der Waals surface area contributed by atoms with E-state index in [2.05, 4.69) is 5.32 Å². The van der Waals surface area contributed by atoms with Gasteiger partial charge in [0.25, 0.3) is 5.91 Å². The molecule has 3 aliphatic heterocycles. The maximum atomic E-state index is 13.0. The molecule has 2 atom stereocenters. The van der Waals surface area contributed by atoms with E-state index < -0.39 is 0 Å². The highest BCUT2D eigenvalue weighted by atomic mass is 16.5. The summed E-state index contributed by atoms with van der Waals surface area (Å²) in [5, 5.41) is 2.92. The summed E-state index contributed by atoms with van der Waals surface area (Å²) < 4.78 is 5.94. The summed E-state index contributed by atoms with van der Waals surface area (Å²) >= 11 is 0. The molecule has 2 amide bonds. The Bertz CT molecular complexity index is 721. The molecular formula is C21H29N3O3. The van der Waals surface area contributed by atoms with Crippen LogP contribution in [0.25, 0.3) is 0 Å². The number of carbonyl (C=O) groups excluding carboxylic acids is 2. The Morgan fingerprint density at radius 1 is 1.19 bits per heavy atom. The van der Waals surface area contributed by atoms with Crippen molar-refractivity contribution in [2.45, 2.75) is 51.2 Å². The zero-order valence-corrected chi connectivity index (χ0v) is 16.2. The highest BCUT2D eigenvalue weighted by Gasteiger charge is 2.31.